The SMILES string of the molecule is CCC1CCCC1Nc1ccc(-c2cnc[nH]2)cc1. The van der Waals surface area contributed by atoms with Crippen LogP contribution in [-0.2, 0) is 0 Å². The Hall–Kier alpha value is -1.77. The molecule has 3 nitrogen and oxygen atoms in total. The largest absolute Gasteiger partial charge is 0.382 e. The summed E-state index contributed by atoms with van der Waals surface area (Å²) < 4.78 is 0. The van der Waals surface area contributed by atoms with Crippen LogP contribution >= 0.6 is 0 Å². The Kier molecular flexibility index (Phi) is 3.53. The van der Waals surface area contributed by atoms with Gasteiger partial charge in [-0.05, 0) is 36.5 Å². The van der Waals surface area contributed by atoms with Gasteiger partial charge < -0.3 is 10.3 Å². The molecule has 2 unspecified atom stereocenters. The van der Waals surface area contributed by atoms with Crippen LogP contribution in [-0.4, -0.2) is 16.0 Å². The highest BCUT2D eigenvalue weighted by Gasteiger charge is 2.25. The van der Waals surface area contributed by atoms with E-state index >= 15 is 0 Å². The minimum atomic E-state index is 0.656. The lowest BCUT2D eigenvalue weighted by atomic mass is 10.0. The number of nitrogens with zero attached hydrogens (tertiary/aromatic N) is 1. The van der Waals surface area contributed by atoms with Crippen molar-refractivity contribution in [3.05, 3.63) is 36.8 Å². The predicted molar refractivity (Wildman–Crippen MR) is 79.1 cm³/mol. The molecule has 1 saturated carbocycles. The van der Waals surface area contributed by atoms with Gasteiger partial charge in [0.2, 0.25) is 0 Å². The van der Waals surface area contributed by atoms with Gasteiger partial charge in [0, 0.05) is 11.7 Å². The summed E-state index contributed by atoms with van der Waals surface area (Å²) in [5.41, 5.74) is 3.48. The summed E-state index contributed by atoms with van der Waals surface area (Å²) in [7, 11) is 0. The van der Waals surface area contributed by atoms with Gasteiger partial charge >= 0.3 is 0 Å². The first kappa shape index (κ1) is 12.3. The summed E-state index contributed by atoms with van der Waals surface area (Å²) >= 11 is 0. The maximum absolute atomic E-state index is 4.05. The van der Waals surface area contributed by atoms with E-state index < -0.39 is 0 Å². The van der Waals surface area contributed by atoms with Crippen LogP contribution in [0, 0.1) is 5.92 Å². The van der Waals surface area contributed by atoms with Crippen molar-refractivity contribution in [1.82, 2.24) is 9.97 Å². The number of aromatic nitrogens is 2. The van der Waals surface area contributed by atoms with Gasteiger partial charge in [0.05, 0.1) is 18.2 Å². The first-order valence-corrected chi connectivity index (χ1v) is 7.22. The van der Waals surface area contributed by atoms with Gasteiger partial charge in [-0.2, -0.15) is 0 Å². The van der Waals surface area contributed by atoms with Gasteiger partial charge in [-0.1, -0.05) is 31.9 Å². The molecule has 100 valence electrons. The highest BCUT2D eigenvalue weighted by molar-refractivity contribution is 5.62. The molecule has 0 amide bonds. The van der Waals surface area contributed by atoms with Crippen LogP contribution in [0.4, 0.5) is 5.69 Å². The number of H-pyrrole nitrogens is 1. The fourth-order valence-corrected chi connectivity index (χ4v) is 3.09. The zero-order valence-electron chi connectivity index (χ0n) is 11.4. The van der Waals surface area contributed by atoms with Crippen LogP contribution in [0.1, 0.15) is 32.6 Å². The number of hydrogen-bond donors (Lipinski definition) is 2. The maximum Gasteiger partial charge on any atom is 0.0924 e. The zero-order valence-corrected chi connectivity index (χ0v) is 11.4. The van der Waals surface area contributed by atoms with Crippen LogP contribution in [0.3, 0.4) is 0 Å². The van der Waals surface area contributed by atoms with Crippen molar-refractivity contribution in [2.45, 2.75) is 38.6 Å². The number of benzene rings is 1. The topological polar surface area (TPSA) is 40.7 Å². The van der Waals surface area contributed by atoms with Crippen molar-refractivity contribution in [2.24, 2.45) is 5.92 Å². The number of aromatic amines is 1. The van der Waals surface area contributed by atoms with Gasteiger partial charge in [0.1, 0.15) is 0 Å². The maximum atomic E-state index is 4.05. The van der Waals surface area contributed by atoms with Crippen LogP contribution in [0.5, 0.6) is 0 Å². The Morgan fingerprint density at radius 3 is 2.79 bits per heavy atom. The number of hydrogen-bond acceptors (Lipinski definition) is 2. The van der Waals surface area contributed by atoms with Gasteiger partial charge in [0.15, 0.2) is 0 Å². The Bertz CT molecular complexity index is 501. The summed E-state index contributed by atoms with van der Waals surface area (Å²) in [6.45, 7) is 2.30. The van der Waals surface area contributed by atoms with Crippen LogP contribution < -0.4 is 5.32 Å². The van der Waals surface area contributed by atoms with E-state index in [1.54, 1.807) is 6.33 Å². The molecular weight excluding hydrogens is 234 g/mol. The fraction of sp³-hybridized carbons (Fsp3) is 0.438. The quantitative estimate of drug-likeness (QED) is 0.864. The molecule has 2 aromatic rings. The standard InChI is InChI=1S/C16H21N3/c1-2-12-4-3-5-15(12)19-14-8-6-13(7-9-14)16-10-17-11-18-16/h6-12,15,19H,2-5H2,1H3,(H,17,18). The Balaban J connectivity index is 1.69. The molecule has 0 saturated heterocycles. The smallest absolute Gasteiger partial charge is 0.0924 e. The molecule has 1 aromatic carbocycles. The van der Waals surface area contributed by atoms with Crippen molar-refractivity contribution in [3.8, 4) is 11.3 Å². The second-order valence-electron chi connectivity index (χ2n) is 5.39. The molecule has 1 aliphatic rings. The average molecular weight is 255 g/mol. The lowest BCUT2D eigenvalue weighted by Gasteiger charge is -2.21. The molecule has 0 spiro atoms. The third kappa shape index (κ3) is 2.65. The molecule has 0 bridgehead atoms. The summed E-state index contributed by atoms with van der Waals surface area (Å²) in [5.74, 6) is 0.840. The van der Waals surface area contributed by atoms with Gasteiger partial charge in [-0.3, -0.25) is 0 Å². The van der Waals surface area contributed by atoms with E-state index in [0.717, 1.165) is 11.6 Å². The molecule has 1 aromatic heterocycles. The predicted octanol–water partition coefficient (Wildman–Crippen LogP) is 4.07. The lowest BCUT2D eigenvalue weighted by Crippen LogP contribution is -2.23. The second kappa shape index (κ2) is 5.47. The van der Waals surface area contributed by atoms with E-state index in [1.807, 2.05) is 6.20 Å². The highest BCUT2D eigenvalue weighted by atomic mass is 14.9. The molecular formula is C16H21N3. The number of imidazole rings is 1. The van der Waals surface area contributed by atoms with Crippen LogP contribution in [0.25, 0.3) is 11.3 Å². The third-order valence-electron chi connectivity index (χ3n) is 4.23. The Morgan fingerprint density at radius 1 is 1.26 bits per heavy atom. The van der Waals surface area contributed by atoms with Crippen molar-refractivity contribution >= 4 is 5.69 Å². The molecule has 2 N–H and O–H groups in total. The lowest BCUT2D eigenvalue weighted by molar-refractivity contribution is 0.489. The highest BCUT2D eigenvalue weighted by Crippen LogP contribution is 2.31. The summed E-state index contributed by atoms with van der Waals surface area (Å²) in [6.07, 6.45) is 8.89. The Morgan fingerprint density at radius 2 is 2.11 bits per heavy atom. The van der Waals surface area contributed by atoms with Crippen molar-refractivity contribution in [2.75, 3.05) is 5.32 Å². The molecule has 1 heterocycles. The summed E-state index contributed by atoms with van der Waals surface area (Å²) in [6, 6.07) is 9.28. The van der Waals surface area contributed by atoms with Gasteiger partial charge in [-0.25, -0.2) is 4.98 Å². The monoisotopic (exact) mass is 255 g/mol. The molecule has 0 aliphatic heterocycles. The Labute approximate surface area is 114 Å². The number of rotatable bonds is 4. The van der Waals surface area contributed by atoms with Crippen molar-refractivity contribution in [3.63, 3.8) is 0 Å². The molecule has 1 fully saturated rings. The van der Waals surface area contributed by atoms with Gasteiger partial charge in [-0.15, -0.1) is 0 Å². The normalized spacial score (nSPS) is 22.6. The van der Waals surface area contributed by atoms with Gasteiger partial charge in [0.25, 0.3) is 0 Å². The molecule has 0 radical (unpaired) electrons. The molecule has 3 rings (SSSR count). The first-order valence-electron chi connectivity index (χ1n) is 7.22. The molecule has 19 heavy (non-hydrogen) atoms. The van der Waals surface area contributed by atoms with Crippen molar-refractivity contribution < 1.29 is 0 Å². The first-order chi connectivity index (χ1) is 9.36. The zero-order chi connectivity index (χ0) is 13.1. The van der Waals surface area contributed by atoms with Crippen molar-refractivity contribution in [1.29, 1.82) is 0 Å². The van der Waals surface area contributed by atoms with E-state index in [4.69, 9.17) is 0 Å². The van der Waals surface area contributed by atoms with Crippen LogP contribution in [0.2, 0.25) is 0 Å². The third-order valence-corrected chi connectivity index (χ3v) is 4.23. The summed E-state index contributed by atoms with van der Waals surface area (Å²) in [4.78, 5) is 7.18. The van der Waals surface area contributed by atoms with E-state index in [-0.39, 0.29) is 0 Å². The number of anilines is 1. The number of nitrogens with one attached hydrogen (secondary N) is 2. The minimum Gasteiger partial charge on any atom is -0.382 e. The fourth-order valence-electron chi connectivity index (χ4n) is 3.09. The van der Waals surface area contributed by atoms with E-state index in [2.05, 4.69) is 46.5 Å². The minimum absolute atomic E-state index is 0.656. The second-order valence-corrected chi connectivity index (χ2v) is 5.39. The molecule has 1 aliphatic carbocycles. The molecule has 2 atom stereocenters. The molecule has 3 heteroatoms. The van der Waals surface area contributed by atoms with E-state index in [0.29, 0.717) is 6.04 Å². The summed E-state index contributed by atoms with van der Waals surface area (Å²) in [5, 5.41) is 3.69. The van der Waals surface area contributed by atoms with E-state index in [1.165, 1.54) is 36.9 Å². The average Bonchev–Trinajstić information content (AvgIpc) is 3.10. The van der Waals surface area contributed by atoms with Crippen LogP contribution in [0.15, 0.2) is 36.8 Å². The van der Waals surface area contributed by atoms with E-state index in [9.17, 15) is 0 Å².